The van der Waals surface area contributed by atoms with E-state index in [9.17, 15) is 4.79 Å². The molecule has 5 heteroatoms. The van der Waals surface area contributed by atoms with Gasteiger partial charge in [-0.15, -0.1) is 6.58 Å². The monoisotopic (exact) mass is 292 g/mol. The summed E-state index contributed by atoms with van der Waals surface area (Å²) in [7, 11) is 0. The highest BCUT2D eigenvalue weighted by Gasteiger charge is 2.07. The van der Waals surface area contributed by atoms with Gasteiger partial charge in [0, 0.05) is 12.1 Å². The van der Waals surface area contributed by atoms with Gasteiger partial charge in [0.1, 0.15) is 5.75 Å². The van der Waals surface area contributed by atoms with Crippen molar-refractivity contribution in [3.8, 4) is 5.75 Å². The SMILES string of the molecule is C=CCNC(=S)NC(=O)c1ccc(OCC(C)C)cc1. The number of hydrogen-bond acceptors (Lipinski definition) is 3. The van der Waals surface area contributed by atoms with Gasteiger partial charge in [0.25, 0.3) is 5.91 Å². The van der Waals surface area contributed by atoms with Gasteiger partial charge >= 0.3 is 0 Å². The fourth-order valence-electron chi connectivity index (χ4n) is 1.35. The summed E-state index contributed by atoms with van der Waals surface area (Å²) < 4.78 is 5.56. The number of carbonyl (C=O) groups excluding carboxylic acids is 1. The van der Waals surface area contributed by atoms with E-state index in [1.807, 2.05) is 0 Å². The van der Waals surface area contributed by atoms with Crippen LogP contribution in [0.1, 0.15) is 24.2 Å². The Bertz CT molecular complexity index is 469. The number of amides is 1. The van der Waals surface area contributed by atoms with Gasteiger partial charge in [-0.2, -0.15) is 0 Å². The molecule has 0 aliphatic rings. The van der Waals surface area contributed by atoms with Gasteiger partial charge in [0.15, 0.2) is 5.11 Å². The average molecular weight is 292 g/mol. The molecule has 1 aromatic rings. The largest absolute Gasteiger partial charge is 0.493 e. The van der Waals surface area contributed by atoms with Gasteiger partial charge in [0.2, 0.25) is 0 Å². The van der Waals surface area contributed by atoms with Crippen molar-refractivity contribution in [2.75, 3.05) is 13.2 Å². The van der Waals surface area contributed by atoms with Crippen molar-refractivity contribution in [2.45, 2.75) is 13.8 Å². The van der Waals surface area contributed by atoms with Crippen LogP contribution < -0.4 is 15.4 Å². The van der Waals surface area contributed by atoms with E-state index in [1.54, 1.807) is 30.3 Å². The number of hydrogen-bond donors (Lipinski definition) is 2. The Morgan fingerprint density at radius 1 is 1.40 bits per heavy atom. The molecule has 0 unspecified atom stereocenters. The Morgan fingerprint density at radius 3 is 2.60 bits per heavy atom. The second kappa shape index (κ2) is 8.32. The van der Waals surface area contributed by atoms with Gasteiger partial charge in [0.05, 0.1) is 6.61 Å². The highest BCUT2D eigenvalue weighted by atomic mass is 32.1. The van der Waals surface area contributed by atoms with E-state index in [4.69, 9.17) is 17.0 Å². The highest BCUT2D eigenvalue weighted by Crippen LogP contribution is 2.13. The lowest BCUT2D eigenvalue weighted by atomic mass is 10.2. The summed E-state index contributed by atoms with van der Waals surface area (Å²) in [6.45, 7) is 8.89. The molecule has 0 radical (unpaired) electrons. The molecular weight excluding hydrogens is 272 g/mol. The lowest BCUT2D eigenvalue weighted by Gasteiger charge is -2.10. The maximum atomic E-state index is 11.9. The molecule has 1 amide bonds. The van der Waals surface area contributed by atoms with Crippen LogP contribution in [-0.2, 0) is 0 Å². The summed E-state index contributed by atoms with van der Waals surface area (Å²) in [6, 6.07) is 6.97. The Morgan fingerprint density at radius 2 is 2.05 bits per heavy atom. The van der Waals surface area contributed by atoms with E-state index in [1.165, 1.54) is 0 Å². The fraction of sp³-hybridized carbons (Fsp3) is 0.333. The maximum Gasteiger partial charge on any atom is 0.257 e. The zero-order chi connectivity index (χ0) is 15.0. The molecule has 0 saturated carbocycles. The lowest BCUT2D eigenvalue weighted by molar-refractivity contribution is 0.0976. The van der Waals surface area contributed by atoms with Crippen LogP contribution in [0.25, 0.3) is 0 Å². The molecule has 0 aromatic heterocycles. The van der Waals surface area contributed by atoms with Crippen molar-refractivity contribution in [3.63, 3.8) is 0 Å². The third-order valence-electron chi connectivity index (χ3n) is 2.33. The minimum Gasteiger partial charge on any atom is -0.493 e. The van der Waals surface area contributed by atoms with Crippen LogP contribution in [0.15, 0.2) is 36.9 Å². The van der Waals surface area contributed by atoms with Crippen LogP contribution in [0.5, 0.6) is 5.75 Å². The van der Waals surface area contributed by atoms with Crippen LogP contribution in [0.3, 0.4) is 0 Å². The van der Waals surface area contributed by atoms with Crippen molar-refractivity contribution in [2.24, 2.45) is 5.92 Å². The van der Waals surface area contributed by atoms with Crippen molar-refractivity contribution in [1.29, 1.82) is 0 Å². The molecule has 4 nitrogen and oxygen atoms in total. The fourth-order valence-corrected chi connectivity index (χ4v) is 1.53. The number of nitrogens with one attached hydrogen (secondary N) is 2. The van der Waals surface area contributed by atoms with E-state index in [0.717, 1.165) is 5.75 Å². The van der Waals surface area contributed by atoms with Crippen molar-refractivity contribution < 1.29 is 9.53 Å². The second-order valence-corrected chi connectivity index (χ2v) is 5.09. The smallest absolute Gasteiger partial charge is 0.257 e. The van der Waals surface area contributed by atoms with E-state index in [-0.39, 0.29) is 11.0 Å². The minimum atomic E-state index is -0.248. The summed E-state index contributed by atoms with van der Waals surface area (Å²) in [4.78, 5) is 11.9. The predicted molar refractivity (Wildman–Crippen MR) is 85.0 cm³/mol. The van der Waals surface area contributed by atoms with Crippen LogP contribution in [0.2, 0.25) is 0 Å². The Kier molecular flexibility index (Phi) is 6.73. The van der Waals surface area contributed by atoms with Crippen LogP contribution in [0, 0.1) is 5.92 Å². The van der Waals surface area contributed by atoms with E-state index in [0.29, 0.717) is 24.6 Å². The molecule has 20 heavy (non-hydrogen) atoms. The molecular formula is C15H20N2O2S. The average Bonchev–Trinajstić information content (AvgIpc) is 2.43. The number of ether oxygens (including phenoxy) is 1. The Labute approximate surface area is 125 Å². The quantitative estimate of drug-likeness (QED) is 0.625. The predicted octanol–water partition coefficient (Wildman–Crippen LogP) is 2.51. The second-order valence-electron chi connectivity index (χ2n) is 4.68. The molecule has 0 heterocycles. The van der Waals surface area contributed by atoms with Crippen LogP contribution >= 0.6 is 12.2 Å². The Balaban J connectivity index is 2.52. The summed E-state index contributed by atoms with van der Waals surface area (Å²) >= 11 is 4.98. The number of thiocarbonyl (C=S) groups is 1. The summed E-state index contributed by atoms with van der Waals surface area (Å²) in [5.41, 5.74) is 0.532. The highest BCUT2D eigenvalue weighted by molar-refractivity contribution is 7.80. The summed E-state index contributed by atoms with van der Waals surface area (Å²) in [6.07, 6.45) is 1.67. The summed E-state index contributed by atoms with van der Waals surface area (Å²) in [5, 5.41) is 5.71. The lowest BCUT2D eigenvalue weighted by Crippen LogP contribution is -2.39. The zero-order valence-electron chi connectivity index (χ0n) is 11.8. The van der Waals surface area contributed by atoms with E-state index >= 15 is 0 Å². The standard InChI is InChI=1S/C15H20N2O2S/c1-4-9-16-15(20)17-14(18)12-5-7-13(8-6-12)19-10-11(2)3/h4-8,11H,1,9-10H2,2-3H3,(H2,16,17,18,20). The third kappa shape index (κ3) is 5.84. The molecule has 108 valence electrons. The first-order valence-corrected chi connectivity index (χ1v) is 6.86. The van der Waals surface area contributed by atoms with Gasteiger partial charge in [-0.05, 0) is 42.4 Å². The first kappa shape index (κ1) is 16.2. The van der Waals surface area contributed by atoms with Gasteiger partial charge < -0.3 is 10.1 Å². The van der Waals surface area contributed by atoms with Crippen molar-refractivity contribution in [3.05, 3.63) is 42.5 Å². The number of rotatable bonds is 6. The van der Waals surface area contributed by atoms with Crippen LogP contribution in [0.4, 0.5) is 0 Å². The molecule has 0 aliphatic heterocycles. The van der Waals surface area contributed by atoms with Crippen molar-refractivity contribution >= 4 is 23.2 Å². The Hall–Kier alpha value is -1.88. The number of benzene rings is 1. The molecule has 0 spiro atoms. The first-order valence-electron chi connectivity index (χ1n) is 6.46. The molecule has 1 aromatic carbocycles. The topological polar surface area (TPSA) is 50.4 Å². The van der Waals surface area contributed by atoms with Crippen LogP contribution in [-0.4, -0.2) is 24.2 Å². The molecule has 0 saturated heterocycles. The van der Waals surface area contributed by atoms with Gasteiger partial charge in [-0.3, -0.25) is 10.1 Å². The van der Waals surface area contributed by atoms with Gasteiger partial charge in [-0.25, -0.2) is 0 Å². The third-order valence-corrected chi connectivity index (χ3v) is 2.58. The van der Waals surface area contributed by atoms with Crippen molar-refractivity contribution in [1.82, 2.24) is 10.6 Å². The van der Waals surface area contributed by atoms with Gasteiger partial charge in [-0.1, -0.05) is 19.9 Å². The first-order chi connectivity index (χ1) is 9.52. The molecule has 0 fully saturated rings. The summed E-state index contributed by atoms with van der Waals surface area (Å²) in [5.74, 6) is 0.968. The normalized spacial score (nSPS) is 9.95. The molecule has 0 bridgehead atoms. The maximum absolute atomic E-state index is 11.9. The molecule has 0 aliphatic carbocycles. The molecule has 0 atom stereocenters. The van der Waals surface area contributed by atoms with E-state index < -0.39 is 0 Å². The number of carbonyl (C=O) groups is 1. The van der Waals surface area contributed by atoms with E-state index in [2.05, 4.69) is 31.1 Å². The zero-order valence-corrected chi connectivity index (χ0v) is 12.6. The minimum absolute atomic E-state index is 0.248. The molecule has 1 rings (SSSR count). The molecule has 2 N–H and O–H groups in total.